The van der Waals surface area contributed by atoms with Gasteiger partial charge < -0.3 is 5.11 Å². The second kappa shape index (κ2) is 7.75. The van der Waals surface area contributed by atoms with Crippen molar-refractivity contribution in [1.82, 2.24) is 14.6 Å². The zero-order valence-corrected chi connectivity index (χ0v) is 16.6. The van der Waals surface area contributed by atoms with E-state index < -0.39 is 5.97 Å². The average molecular weight is 430 g/mol. The normalized spacial score (nSPS) is 11.0. The van der Waals surface area contributed by atoms with E-state index in [0.29, 0.717) is 31.3 Å². The topological polar surface area (TPSA) is 84.6 Å². The van der Waals surface area contributed by atoms with E-state index in [-0.39, 0.29) is 11.1 Å². The molecule has 0 aliphatic carbocycles. The molecule has 0 saturated heterocycles. The van der Waals surface area contributed by atoms with Gasteiger partial charge in [-0.3, -0.25) is 4.79 Å². The number of halogens is 1. The molecule has 9 heteroatoms. The number of benzene rings is 2. The zero-order chi connectivity index (χ0) is 19.7. The number of rotatable bonds is 5. The fraction of sp³-hybridized carbons (Fsp3) is 0.0526. The first-order valence-electron chi connectivity index (χ1n) is 8.13. The third kappa shape index (κ3) is 3.66. The number of carboxylic acid groups (broad SMARTS) is 1. The molecular formula is C19H12ClN3O3S2. The number of hydrogen-bond donors (Lipinski definition) is 1. The lowest BCUT2D eigenvalue weighted by Crippen LogP contribution is -2.15. The molecule has 0 unspecified atom stereocenters. The number of aromatic nitrogens is 3. The fourth-order valence-corrected chi connectivity index (χ4v) is 4.78. The Bertz CT molecular complexity index is 1250. The van der Waals surface area contributed by atoms with Crippen LogP contribution in [0.4, 0.5) is 0 Å². The zero-order valence-electron chi connectivity index (χ0n) is 14.2. The monoisotopic (exact) mass is 429 g/mol. The number of hydrogen-bond acceptors (Lipinski definition) is 6. The number of fused-ring (bicyclic) bond motifs is 1. The van der Waals surface area contributed by atoms with E-state index in [1.807, 2.05) is 18.2 Å². The van der Waals surface area contributed by atoms with Crippen molar-refractivity contribution in [3.05, 3.63) is 81.2 Å². The summed E-state index contributed by atoms with van der Waals surface area (Å²) in [5.41, 5.74) is 1.24. The predicted molar refractivity (Wildman–Crippen MR) is 111 cm³/mol. The van der Waals surface area contributed by atoms with Gasteiger partial charge in [0.25, 0.3) is 5.56 Å². The molecule has 0 aliphatic rings. The van der Waals surface area contributed by atoms with Crippen molar-refractivity contribution in [3.8, 4) is 10.6 Å². The minimum absolute atomic E-state index is 0.226. The molecule has 0 fully saturated rings. The third-order valence-electron chi connectivity index (χ3n) is 3.90. The Morgan fingerprint density at radius 2 is 1.93 bits per heavy atom. The van der Waals surface area contributed by atoms with Crippen LogP contribution >= 0.6 is 34.7 Å². The number of nitrogens with zero attached hydrogens (tertiary/aromatic N) is 3. The Hall–Kier alpha value is -2.68. The quantitative estimate of drug-likeness (QED) is 0.471. The van der Waals surface area contributed by atoms with Crippen LogP contribution in [0.1, 0.15) is 16.1 Å². The molecule has 0 saturated carbocycles. The number of aromatic carboxylic acids is 1. The van der Waals surface area contributed by atoms with Crippen LogP contribution in [0.3, 0.4) is 0 Å². The predicted octanol–water partition coefficient (Wildman–Crippen LogP) is 4.46. The third-order valence-corrected chi connectivity index (χ3v) is 6.27. The summed E-state index contributed by atoms with van der Waals surface area (Å²) in [6, 6.07) is 15.4. The highest BCUT2D eigenvalue weighted by Crippen LogP contribution is 2.31. The largest absolute Gasteiger partial charge is 0.478 e. The summed E-state index contributed by atoms with van der Waals surface area (Å²) in [4.78, 5) is 29.4. The van der Waals surface area contributed by atoms with Crippen LogP contribution in [-0.4, -0.2) is 25.7 Å². The van der Waals surface area contributed by atoms with Crippen molar-refractivity contribution >= 4 is 45.6 Å². The van der Waals surface area contributed by atoms with E-state index in [1.54, 1.807) is 30.3 Å². The summed E-state index contributed by atoms with van der Waals surface area (Å²) < 4.78 is 1.25. The maximum atomic E-state index is 12.4. The minimum atomic E-state index is -0.988. The molecule has 2 heterocycles. The molecule has 4 rings (SSSR count). The lowest BCUT2D eigenvalue weighted by Gasteiger charge is -2.05. The molecule has 0 spiro atoms. The van der Waals surface area contributed by atoms with Crippen molar-refractivity contribution in [1.29, 1.82) is 0 Å². The van der Waals surface area contributed by atoms with E-state index in [1.165, 1.54) is 33.7 Å². The van der Waals surface area contributed by atoms with Crippen LogP contribution < -0.4 is 5.56 Å². The second-order valence-corrected chi connectivity index (χ2v) is 8.14. The van der Waals surface area contributed by atoms with Gasteiger partial charge in [-0.15, -0.1) is 11.8 Å². The Morgan fingerprint density at radius 1 is 1.18 bits per heavy atom. The SMILES string of the molecule is O=C(O)c1ccccc1SCc1cc(=O)n2nc(-c3ccccc3Cl)sc2n1. The van der Waals surface area contributed by atoms with Gasteiger partial charge in [0.05, 0.1) is 16.3 Å². The lowest BCUT2D eigenvalue weighted by molar-refractivity contribution is 0.0693. The van der Waals surface area contributed by atoms with E-state index in [0.717, 1.165) is 5.56 Å². The molecule has 0 aliphatic heterocycles. The molecule has 2 aromatic carbocycles. The molecular weight excluding hydrogens is 418 g/mol. The van der Waals surface area contributed by atoms with Gasteiger partial charge >= 0.3 is 5.97 Å². The molecule has 0 amide bonds. The van der Waals surface area contributed by atoms with Crippen molar-refractivity contribution < 1.29 is 9.90 Å². The molecule has 0 radical (unpaired) electrons. The summed E-state index contributed by atoms with van der Waals surface area (Å²) in [5, 5.41) is 14.8. The first kappa shape index (κ1) is 18.7. The highest BCUT2D eigenvalue weighted by Gasteiger charge is 2.14. The molecule has 2 aromatic heterocycles. The summed E-state index contributed by atoms with van der Waals surface area (Å²) in [5.74, 6) is -0.617. The lowest BCUT2D eigenvalue weighted by atomic mass is 10.2. The van der Waals surface area contributed by atoms with Crippen molar-refractivity contribution in [2.24, 2.45) is 0 Å². The molecule has 0 bridgehead atoms. The Labute approximate surface area is 172 Å². The maximum Gasteiger partial charge on any atom is 0.336 e. The Morgan fingerprint density at radius 3 is 2.71 bits per heavy atom. The summed E-state index contributed by atoms with van der Waals surface area (Å²) in [7, 11) is 0. The number of thioether (sulfide) groups is 1. The van der Waals surface area contributed by atoms with Crippen molar-refractivity contribution in [2.75, 3.05) is 0 Å². The molecule has 28 heavy (non-hydrogen) atoms. The van der Waals surface area contributed by atoms with Gasteiger partial charge in [-0.25, -0.2) is 9.78 Å². The summed E-state index contributed by atoms with van der Waals surface area (Å²) >= 11 is 8.82. The van der Waals surface area contributed by atoms with Crippen LogP contribution in [-0.2, 0) is 5.75 Å². The summed E-state index contributed by atoms with van der Waals surface area (Å²) in [6.07, 6.45) is 0. The fourth-order valence-electron chi connectivity index (χ4n) is 2.59. The molecule has 0 atom stereocenters. The molecule has 1 N–H and O–H groups in total. The number of carboxylic acids is 1. The van der Waals surface area contributed by atoms with Gasteiger partial charge in [-0.2, -0.15) is 9.61 Å². The van der Waals surface area contributed by atoms with Crippen LogP contribution in [0.25, 0.3) is 15.5 Å². The van der Waals surface area contributed by atoms with Gasteiger partial charge in [0.15, 0.2) is 0 Å². The Balaban J connectivity index is 1.66. The van der Waals surface area contributed by atoms with Gasteiger partial charge in [0.2, 0.25) is 4.96 Å². The van der Waals surface area contributed by atoms with E-state index in [2.05, 4.69) is 10.1 Å². The second-order valence-electron chi connectivity index (χ2n) is 5.76. The van der Waals surface area contributed by atoms with Gasteiger partial charge in [0.1, 0.15) is 5.01 Å². The van der Waals surface area contributed by atoms with Gasteiger partial charge in [0, 0.05) is 22.3 Å². The highest BCUT2D eigenvalue weighted by atomic mass is 35.5. The smallest absolute Gasteiger partial charge is 0.336 e. The van der Waals surface area contributed by atoms with Crippen LogP contribution in [0, 0.1) is 0 Å². The first-order valence-corrected chi connectivity index (χ1v) is 10.3. The Kier molecular flexibility index (Phi) is 5.17. The van der Waals surface area contributed by atoms with Crippen molar-refractivity contribution in [2.45, 2.75) is 10.6 Å². The minimum Gasteiger partial charge on any atom is -0.478 e. The van der Waals surface area contributed by atoms with Gasteiger partial charge in [-0.05, 0) is 18.2 Å². The number of carbonyl (C=O) groups is 1. The standard InChI is InChI=1S/C19H12ClN3O3S2/c20-14-7-3-1-5-12(14)17-22-23-16(24)9-11(21-19(23)28-17)10-27-15-8-4-2-6-13(15)18(25)26/h1-9H,10H2,(H,25,26). The van der Waals surface area contributed by atoms with Crippen LogP contribution in [0.15, 0.2) is 64.3 Å². The van der Waals surface area contributed by atoms with Crippen LogP contribution in [0.2, 0.25) is 5.02 Å². The van der Waals surface area contributed by atoms with E-state index >= 15 is 0 Å². The molecule has 4 aromatic rings. The first-order chi connectivity index (χ1) is 13.5. The molecule has 140 valence electrons. The molecule has 6 nitrogen and oxygen atoms in total. The highest BCUT2D eigenvalue weighted by molar-refractivity contribution is 7.98. The average Bonchev–Trinajstić information content (AvgIpc) is 3.11. The summed E-state index contributed by atoms with van der Waals surface area (Å²) in [6.45, 7) is 0. The van der Waals surface area contributed by atoms with E-state index in [4.69, 9.17) is 11.6 Å². The maximum absolute atomic E-state index is 12.4. The van der Waals surface area contributed by atoms with E-state index in [9.17, 15) is 14.7 Å². The van der Waals surface area contributed by atoms with Gasteiger partial charge in [-0.1, -0.05) is 53.3 Å². The van der Waals surface area contributed by atoms with Crippen molar-refractivity contribution in [3.63, 3.8) is 0 Å². The van der Waals surface area contributed by atoms with Crippen LogP contribution in [0.5, 0.6) is 0 Å².